The lowest BCUT2D eigenvalue weighted by atomic mass is 9.73. The number of carbonyl (C=O) groups is 1. The van der Waals surface area contributed by atoms with Crippen molar-refractivity contribution in [2.75, 3.05) is 25.4 Å². The summed E-state index contributed by atoms with van der Waals surface area (Å²) in [6.07, 6.45) is 3.80. The van der Waals surface area contributed by atoms with Crippen molar-refractivity contribution >= 4 is 21.7 Å². The Bertz CT molecular complexity index is 1230. The quantitative estimate of drug-likeness (QED) is 0.572. The number of nitrogens with two attached hydrogens (primary N) is 1. The second-order valence-corrected chi connectivity index (χ2v) is 9.92. The molecule has 4 rings (SSSR count). The van der Waals surface area contributed by atoms with Gasteiger partial charge >= 0.3 is 0 Å². The van der Waals surface area contributed by atoms with Crippen LogP contribution in [-0.4, -0.2) is 48.2 Å². The zero-order valence-corrected chi connectivity index (χ0v) is 18.6. The summed E-state index contributed by atoms with van der Waals surface area (Å²) in [4.78, 5) is 20.7. The number of nitrogens with zero attached hydrogens (tertiary/aromatic N) is 3. The third kappa shape index (κ3) is 4.71. The van der Waals surface area contributed by atoms with E-state index in [-0.39, 0.29) is 36.0 Å². The molecule has 1 aliphatic rings. The number of rotatable bonds is 6. The fraction of sp³-hybridized carbons (Fsp3) is 0.261. The molecule has 2 heterocycles. The Hall–Kier alpha value is -3.37. The maximum atomic E-state index is 13.2. The maximum absolute atomic E-state index is 13.2. The Morgan fingerprint density at radius 3 is 2.30 bits per heavy atom. The summed E-state index contributed by atoms with van der Waals surface area (Å²) >= 11 is 0. The van der Waals surface area contributed by atoms with Crippen molar-refractivity contribution in [1.82, 2.24) is 19.6 Å². The molecule has 3 N–H and O–H groups in total. The van der Waals surface area contributed by atoms with Gasteiger partial charge < -0.3 is 11.1 Å². The third-order valence-electron chi connectivity index (χ3n) is 6.05. The van der Waals surface area contributed by atoms with E-state index in [1.54, 1.807) is 0 Å². The minimum absolute atomic E-state index is 0.0453. The van der Waals surface area contributed by atoms with Gasteiger partial charge in [-0.1, -0.05) is 30.3 Å². The zero-order valence-electron chi connectivity index (χ0n) is 17.8. The minimum Gasteiger partial charge on any atom is -0.382 e. The second-order valence-electron chi connectivity index (χ2n) is 7.98. The Balaban J connectivity index is 1.54. The summed E-state index contributed by atoms with van der Waals surface area (Å²) < 4.78 is 40.7. The summed E-state index contributed by atoms with van der Waals surface area (Å²) in [5.41, 5.74) is 6.37. The number of amides is 1. The third-order valence-corrected chi connectivity index (χ3v) is 7.96. The largest absolute Gasteiger partial charge is 0.382 e. The number of halogens is 1. The van der Waals surface area contributed by atoms with Gasteiger partial charge in [-0.25, -0.2) is 22.8 Å². The summed E-state index contributed by atoms with van der Waals surface area (Å²) in [6, 6.07) is 14.5. The highest BCUT2D eigenvalue weighted by Crippen LogP contribution is 2.37. The number of piperidine rings is 1. The van der Waals surface area contributed by atoms with Crippen molar-refractivity contribution < 1.29 is 17.6 Å². The van der Waals surface area contributed by atoms with Gasteiger partial charge in [0.1, 0.15) is 5.82 Å². The number of benzene rings is 2. The summed E-state index contributed by atoms with van der Waals surface area (Å²) in [6.45, 7) is 0.811. The Morgan fingerprint density at radius 2 is 1.67 bits per heavy atom. The van der Waals surface area contributed by atoms with Gasteiger partial charge in [-0.3, -0.25) is 4.79 Å². The van der Waals surface area contributed by atoms with Gasteiger partial charge in [-0.05, 0) is 42.7 Å². The van der Waals surface area contributed by atoms with Crippen LogP contribution in [0.3, 0.4) is 0 Å². The van der Waals surface area contributed by atoms with Crippen molar-refractivity contribution in [3.63, 3.8) is 0 Å². The molecule has 0 aliphatic carbocycles. The van der Waals surface area contributed by atoms with Crippen molar-refractivity contribution in [2.45, 2.75) is 23.2 Å². The zero-order chi connectivity index (χ0) is 23.5. The molecular formula is C23H24FN5O3S. The smallest absolute Gasteiger partial charge is 0.273 e. The number of nitrogen functional groups attached to an aromatic ring is 1. The molecule has 3 aromatic rings. The van der Waals surface area contributed by atoms with E-state index in [1.807, 2.05) is 30.3 Å². The Labute approximate surface area is 191 Å². The summed E-state index contributed by atoms with van der Waals surface area (Å²) in [5, 5.41) is 2.91. The Kier molecular flexibility index (Phi) is 6.39. The van der Waals surface area contributed by atoms with Gasteiger partial charge in [0.25, 0.3) is 5.91 Å². The molecule has 0 atom stereocenters. The molecule has 0 spiro atoms. The first-order chi connectivity index (χ1) is 15.8. The van der Waals surface area contributed by atoms with E-state index in [0.29, 0.717) is 12.8 Å². The fourth-order valence-electron chi connectivity index (χ4n) is 4.13. The molecule has 172 valence electrons. The highest BCUT2D eigenvalue weighted by atomic mass is 32.2. The predicted molar refractivity (Wildman–Crippen MR) is 121 cm³/mol. The van der Waals surface area contributed by atoms with Gasteiger partial charge in [0.15, 0.2) is 11.5 Å². The first-order valence-electron chi connectivity index (χ1n) is 10.5. The van der Waals surface area contributed by atoms with Crippen molar-refractivity contribution in [3.8, 4) is 0 Å². The topological polar surface area (TPSA) is 118 Å². The van der Waals surface area contributed by atoms with Crippen LogP contribution in [0.2, 0.25) is 0 Å². The van der Waals surface area contributed by atoms with Crippen molar-refractivity contribution in [1.29, 1.82) is 0 Å². The lowest BCUT2D eigenvalue weighted by Crippen LogP contribution is -2.50. The molecule has 0 bridgehead atoms. The van der Waals surface area contributed by atoms with E-state index >= 15 is 0 Å². The predicted octanol–water partition coefficient (Wildman–Crippen LogP) is 2.35. The lowest BCUT2D eigenvalue weighted by Gasteiger charge is -2.42. The molecule has 1 saturated heterocycles. The molecule has 10 heteroatoms. The van der Waals surface area contributed by atoms with Gasteiger partial charge in [0, 0.05) is 37.4 Å². The standard InChI is InChI=1S/C23H24FN5O3S/c24-18-6-8-19(9-7-18)33(31,32)29-14-10-23(11-15-29,17-4-2-1-3-5-17)16-28-22(30)20-21(25)27-13-12-26-20/h1-9,12-13H,10-11,14-16H2,(H2,25,27)(H,28,30). The average Bonchev–Trinajstić information content (AvgIpc) is 2.84. The molecule has 0 radical (unpaired) electrons. The van der Waals surface area contributed by atoms with Crippen LogP contribution in [0.15, 0.2) is 71.9 Å². The summed E-state index contributed by atoms with van der Waals surface area (Å²) in [7, 11) is -3.75. The fourth-order valence-corrected chi connectivity index (χ4v) is 5.57. The number of nitrogens with one attached hydrogen (secondary N) is 1. The molecule has 1 aliphatic heterocycles. The number of aromatic nitrogens is 2. The number of hydrogen-bond donors (Lipinski definition) is 2. The van der Waals surface area contributed by atoms with E-state index in [0.717, 1.165) is 17.7 Å². The molecule has 0 saturated carbocycles. The maximum Gasteiger partial charge on any atom is 0.273 e. The first kappa shape index (κ1) is 22.8. The van der Waals surface area contributed by atoms with Crippen LogP contribution in [0.5, 0.6) is 0 Å². The van der Waals surface area contributed by atoms with E-state index in [4.69, 9.17) is 5.73 Å². The van der Waals surface area contributed by atoms with Gasteiger partial charge in [0.2, 0.25) is 10.0 Å². The van der Waals surface area contributed by atoms with Crippen LogP contribution in [0.25, 0.3) is 0 Å². The van der Waals surface area contributed by atoms with Crippen LogP contribution in [0.4, 0.5) is 10.2 Å². The molecule has 33 heavy (non-hydrogen) atoms. The number of carbonyl (C=O) groups excluding carboxylic acids is 1. The number of anilines is 1. The summed E-state index contributed by atoms with van der Waals surface area (Å²) in [5.74, 6) is -0.878. The highest BCUT2D eigenvalue weighted by molar-refractivity contribution is 7.89. The lowest BCUT2D eigenvalue weighted by molar-refractivity contribution is 0.0928. The van der Waals surface area contributed by atoms with Crippen LogP contribution in [0, 0.1) is 5.82 Å². The molecule has 1 amide bonds. The minimum atomic E-state index is -3.75. The van der Waals surface area contributed by atoms with Gasteiger partial charge in [0.05, 0.1) is 4.90 Å². The van der Waals surface area contributed by atoms with E-state index in [9.17, 15) is 17.6 Å². The van der Waals surface area contributed by atoms with Gasteiger partial charge in [-0.2, -0.15) is 4.31 Å². The number of hydrogen-bond acceptors (Lipinski definition) is 6. The van der Waals surface area contributed by atoms with Crippen molar-refractivity contribution in [3.05, 3.63) is 84.1 Å². The first-order valence-corrected chi connectivity index (χ1v) is 11.9. The molecule has 8 nitrogen and oxygen atoms in total. The van der Waals surface area contributed by atoms with Crippen molar-refractivity contribution in [2.24, 2.45) is 0 Å². The molecule has 0 unspecified atom stereocenters. The number of sulfonamides is 1. The van der Waals surface area contributed by atoms with Crippen LogP contribution < -0.4 is 11.1 Å². The van der Waals surface area contributed by atoms with Gasteiger partial charge in [-0.15, -0.1) is 0 Å². The van der Waals surface area contributed by atoms with E-state index in [1.165, 1.54) is 28.8 Å². The molecule has 1 fully saturated rings. The second kappa shape index (κ2) is 9.24. The van der Waals surface area contributed by atoms with Crippen LogP contribution >= 0.6 is 0 Å². The van der Waals surface area contributed by atoms with E-state index in [2.05, 4.69) is 15.3 Å². The molecule has 1 aromatic heterocycles. The normalized spacial score (nSPS) is 16.3. The molecular weight excluding hydrogens is 445 g/mol. The highest BCUT2D eigenvalue weighted by Gasteiger charge is 2.40. The Morgan fingerprint density at radius 1 is 1.03 bits per heavy atom. The van der Waals surface area contributed by atoms with Crippen LogP contribution in [-0.2, 0) is 15.4 Å². The SMILES string of the molecule is Nc1nccnc1C(=O)NCC1(c2ccccc2)CCN(S(=O)(=O)c2ccc(F)cc2)CC1. The van der Waals surface area contributed by atoms with E-state index < -0.39 is 27.2 Å². The monoisotopic (exact) mass is 469 g/mol. The average molecular weight is 470 g/mol. The van der Waals surface area contributed by atoms with Crippen LogP contribution in [0.1, 0.15) is 28.9 Å². The molecule has 2 aromatic carbocycles.